The summed E-state index contributed by atoms with van der Waals surface area (Å²) in [5.74, 6) is -0.0957. The minimum absolute atomic E-state index is 0.0271. The molecule has 1 unspecified atom stereocenters. The number of aryl methyl sites for hydroxylation is 2. The Bertz CT molecular complexity index is 929. The number of nitrogens with one attached hydrogen (secondary N) is 1. The fourth-order valence-electron chi connectivity index (χ4n) is 3.73. The van der Waals surface area contributed by atoms with Crippen molar-refractivity contribution in [2.24, 2.45) is 7.05 Å². The van der Waals surface area contributed by atoms with E-state index in [9.17, 15) is 4.79 Å². The maximum atomic E-state index is 12.7. The lowest BCUT2D eigenvalue weighted by molar-refractivity contribution is 0.0928. The number of amides is 1. The third-order valence-electron chi connectivity index (χ3n) is 4.93. The quantitative estimate of drug-likeness (QED) is 0.768. The summed E-state index contributed by atoms with van der Waals surface area (Å²) >= 11 is 1.54. The molecular formula is C20H22N4OS. The Kier molecular flexibility index (Phi) is 4.59. The number of carbonyl (C=O) groups is 1. The highest BCUT2D eigenvalue weighted by Gasteiger charge is 2.28. The normalized spacial score (nSPS) is 16.3. The predicted molar refractivity (Wildman–Crippen MR) is 102 cm³/mol. The zero-order valence-corrected chi connectivity index (χ0v) is 15.8. The maximum absolute atomic E-state index is 12.7. The van der Waals surface area contributed by atoms with Crippen molar-refractivity contribution in [1.82, 2.24) is 20.1 Å². The number of rotatable bonds is 4. The minimum Gasteiger partial charge on any atom is -0.344 e. The highest BCUT2D eigenvalue weighted by Crippen LogP contribution is 2.32. The van der Waals surface area contributed by atoms with Crippen molar-refractivity contribution in [3.8, 4) is 0 Å². The Morgan fingerprint density at radius 2 is 2.15 bits per heavy atom. The Balaban J connectivity index is 1.48. The molecule has 0 bridgehead atoms. The van der Waals surface area contributed by atoms with Gasteiger partial charge < -0.3 is 5.32 Å². The Morgan fingerprint density at radius 1 is 1.35 bits per heavy atom. The van der Waals surface area contributed by atoms with Gasteiger partial charge in [-0.1, -0.05) is 30.3 Å². The topological polar surface area (TPSA) is 59.8 Å². The van der Waals surface area contributed by atoms with Gasteiger partial charge in [0.15, 0.2) is 0 Å². The fraction of sp³-hybridized carbons (Fsp3) is 0.350. The van der Waals surface area contributed by atoms with Crippen molar-refractivity contribution in [3.63, 3.8) is 0 Å². The maximum Gasteiger partial charge on any atom is 0.271 e. The molecule has 0 aliphatic heterocycles. The predicted octanol–water partition coefficient (Wildman–Crippen LogP) is 3.58. The Hall–Kier alpha value is -2.47. The molecule has 26 heavy (non-hydrogen) atoms. The van der Waals surface area contributed by atoms with E-state index in [1.165, 1.54) is 28.2 Å². The molecule has 1 aliphatic rings. The van der Waals surface area contributed by atoms with E-state index in [4.69, 9.17) is 0 Å². The molecule has 0 spiro atoms. The molecule has 2 aromatic heterocycles. The number of aromatic nitrogens is 3. The molecule has 134 valence electrons. The van der Waals surface area contributed by atoms with Gasteiger partial charge in [0.05, 0.1) is 16.7 Å². The van der Waals surface area contributed by atoms with E-state index in [1.54, 1.807) is 0 Å². The first-order chi connectivity index (χ1) is 12.6. The summed E-state index contributed by atoms with van der Waals surface area (Å²) in [5.41, 5.74) is 5.15. The molecule has 6 heteroatoms. The number of hydrogen-bond donors (Lipinski definition) is 1. The second-order valence-electron chi connectivity index (χ2n) is 6.78. The molecule has 0 fully saturated rings. The van der Waals surface area contributed by atoms with Crippen LogP contribution in [0.2, 0.25) is 0 Å². The van der Waals surface area contributed by atoms with Gasteiger partial charge in [0.25, 0.3) is 5.91 Å². The van der Waals surface area contributed by atoms with Crippen molar-refractivity contribution in [2.75, 3.05) is 0 Å². The van der Waals surface area contributed by atoms with Gasteiger partial charge in [0.1, 0.15) is 5.69 Å². The Morgan fingerprint density at radius 3 is 2.96 bits per heavy atom. The lowest BCUT2D eigenvalue weighted by atomic mass is 9.91. The van der Waals surface area contributed by atoms with Gasteiger partial charge in [-0.2, -0.15) is 5.10 Å². The molecule has 1 aromatic carbocycles. The highest BCUT2D eigenvalue weighted by molar-refractivity contribution is 7.09. The first-order valence-corrected chi connectivity index (χ1v) is 9.81. The van der Waals surface area contributed by atoms with Crippen LogP contribution in [0.15, 0.2) is 35.7 Å². The van der Waals surface area contributed by atoms with Gasteiger partial charge in [-0.3, -0.25) is 9.48 Å². The molecule has 5 nitrogen and oxygen atoms in total. The van der Waals surface area contributed by atoms with Gasteiger partial charge in [0, 0.05) is 30.1 Å². The third-order valence-corrected chi connectivity index (χ3v) is 5.78. The van der Waals surface area contributed by atoms with E-state index in [-0.39, 0.29) is 11.9 Å². The van der Waals surface area contributed by atoms with Gasteiger partial charge in [-0.15, -0.1) is 11.3 Å². The first kappa shape index (κ1) is 17.0. The lowest BCUT2D eigenvalue weighted by Gasteiger charge is -2.24. The highest BCUT2D eigenvalue weighted by atomic mass is 32.1. The number of carbonyl (C=O) groups excluding carboxylic acids is 1. The number of thiazole rings is 1. The van der Waals surface area contributed by atoms with Crippen molar-refractivity contribution in [2.45, 2.75) is 38.6 Å². The van der Waals surface area contributed by atoms with Crippen LogP contribution in [0.5, 0.6) is 0 Å². The first-order valence-electron chi connectivity index (χ1n) is 8.93. The van der Waals surface area contributed by atoms with Crippen LogP contribution < -0.4 is 5.32 Å². The van der Waals surface area contributed by atoms with Crippen LogP contribution in [-0.4, -0.2) is 20.7 Å². The summed E-state index contributed by atoms with van der Waals surface area (Å²) in [7, 11) is 1.98. The summed E-state index contributed by atoms with van der Waals surface area (Å²) in [5, 5.41) is 10.5. The minimum atomic E-state index is -0.0957. The van der Waals surface area contributed by atoms with Crippen LogP contribution in [-0.2, 0) is 19.9 Å². The molecule has 0 saturated carbocycles. The van der Waals surface area contributed by atoms with Crippen LogP contribution in [0.4, 0.5) is 0 Å². The zero-order valence-electron chi connectivity index (χ0n) is 15.0. The molecule has 1 aliphatic carbocycles. The average Bonchev–Trinajstić information content (AvgIpc) is 3.21. The molecule has 3 aromatic rings. The molecule has 1 atom stereocenters. The SMILES string of the molecule is Cc1nn(C)c2c1C(NC(=O)c1csc(Cc3ccccc3)n1)CCC2. The van der Waals surface area contributed by atoms with Gasteiger partial charge in [0.2, 0.25) is 0 Å². The molecule has 0 saturated heterocycles. The van der Waals surface area contributed by atoms with Crippen LogP contribution in [0, 0.1) is 6.92 Å². The van der Waals surface area contributed by atoms with E-state index >= 15 is 0 Å². The molecule has 2 heterocycles. The number of nitrogens with zero attached hydrogens (tertiary/aromatic N) is 3. The average molecular weight is 366 g/mol. The van der Waals surface area contributed by atoms with Crippen molar-refractivity contribution in [3.05, 3.63) is 68.9 Å². The van der Waals surface area contributed by atoms with Crippen molar-refractivity contribution in [1.29, 1.82) is 0 Å². The van der Waals surface area contributed by atoms with Crippen molar-refractivity contribution < 1.29 is 4.79 Å². The van der Waals surface area contributed by atoms with Crippen LogP contribution >= 0.6 is 11.3 Å². The summed E-state index contributed by atoms with van der Waals surface area (Å²) < 4.78 is 1.95. The van der Waals surface area contributed by atoms with Crippen LogP contribution in [0.25, 0.3) is 0 Å². The second-order valence-corrected chi connectivity index (χ2v) is 7.72. The van der Waals surface area contributed by atoms with Crippen LogP contribution in [0.3, 0.4) is 0 Å². The summed E-state index contributed by atoms with van der Waals surface area (Å²) in [6.45, 7) is 2.02. The van der Waals surface area contributed by atoms with E-state index < -0.39 is 0 Å². The zero-order chi connectivity index (χ0) is 18.1. The third kappa shape index (κ3) is 3.29. The monoisotopic (exact) mass is 366 g/mol. The number of fused-ring (bicyclic) bond motifs is 1. The van der Waals surface area contributed by atoms with E-state index in [0.29, 0.717) is 5.69 Å². The smallest absolute Gasteiger partial charge is 0.271 e. The summed E-state index contributed by atoms with van der Waals surface area (Å²) in [4.78, 5) is 17.3. The number of hydrogen-bond acceptors (Lipinski definition) is 4. The van der Waals surface area contributed by atoms with Gasteiger partial charge in [-0.05, 0) is 31.7 Å². The lowest BCUT2D eigenvalue weighted by Crippen LogP contribution is -2.31. The largest absolute Gasteiger partial charge is 0.344 e. The number of benzene rings is 1. The summed E-state index contributed by atoms with van der Waals surface area (Å²) in [6.07, 6.45) is 3.80. The fourth-order valence-corrected chi connectivity index (χ4v) is 4.54. The Labute approximate surface area is 157 Å². The van der Waals surface area contributed by atoms with E-state index in [1.807, 2.05) is 42.2 Å². The molecule has 0 radical (unpaired) electrons. The van der Waals surface area contributed by atoms with Gasteiger partial charge >= 0.3 is 0 Å². The molecule has 1 amide bonds. The van der Waals surface area contributed by atoms with Crippen molar-refractivity contribution >= 4 is 17.2 Å². The van der Waals surface area contributed by atoms with Gasteiger partial charge in [-0.25, -0.2) is 4.98 Å². The van der Waals surface area contributed by atoms with Crippen LogP contribution in [0.1, 0.15) is 56.9 Å². The standard InChI is InChI=1S/C20H22N4OS/c1-13-19-15(9-6-10-17(19)24(2)23-13)22-20(25)16-12-26-18(21-16)11-14-7-4-3-5-8-14/h3-5,7-8,12,15H,6,9-11H2,1-2H3,(H,22,25). The summed E-state index contributed by atoms with van der Waals surface area (Å²) in [6, 6.07) is 10.2. The molecule has 1 N–H and O–H groups in total. The molecular weight excluding hydrogens is 344 g/mol. The second kappa shape index (κ2) is 7.03. The molecule has 4 rings (SSSR count). The van der Waals surface area contributed by atoms with E-state index in [2.05, 4.69) is 27.5 Å². The van der Waals surface area contributed by atoms with E-state index in [0.717, 1.165) is 36.4 Å².